The van der Waals surface area contributed by atoms with Gasteiger partial charge in [-0.05, 0) is 41.6 Å². The van der Waals surface area contributed by atoms with Crippen molar-refractivity contribution in [2.75, 3.05) is 18.1 Å². The molecule has 25 heavy (non-hydrogen) atoms. The molecule has 128 valence electrons. The summed E-state index contributed by atoms with van der Waals surface area (Å²) in [6.45, 7) is 0.639. The van der Waals surface area contributed by atoms with E-state index < -0.39 is 12.1 Å². The average molecular weight is 336 g/mol. The van der Waals surface area contributed by atoms with Crippen LogP contribution in [0.1, 0.15) is 11.1 Å². The number of benzene rings is 2. The van der Waals surface area contributed by atoms with Crippen molar-refractivity contribution in [2.45, 2.75) is 31.0 Å². The first kappa shape index (κ1) is 16.0. The Kier molecular flexibility index (Phi) is 4.32. The molecule has 0 saturated carbocycles. The molecule has 0 aliphatic carbocycles. The van der Waals surface area contributed by atoms with Gasteiger partial charge < -0.3 is 14.7 Å². The molecule has 2 heterocycles. The molecule has 3 unspecified atom stereocenters. The first-order valence-electron chi connectivity index (χ1n) is 8.54. The monoisotopic (exact) mass is 336 g/mol. The van der Waals surface area contributed by atoms with Crippen molar-refractivity contribution in [1.29, 1.82) is 0 Å². The summed E-state index contributed by atoms with van der Waals surface area (Å²) >= 11 is 0. The summed E-state index contributed by atoms with van der Waals surface area (Å²) in [6.07, 6.45) is 1.11. The summed E-state index contributed by atoms with van der Waals surface area (Å²) in [6, 6.07) is 15.7. The molecule has 4 rings (SSSR count). The van der Waals surface area contributed by atoms with Gasteiger partial charge in [0.15, 0.2) is 0 Å². The number of nitrogens with zero attached hydrogens (tertiary/aromatic N) is 4. The Bertz CT molecular complexity index is 771. The molecular weight excluding hydrogens is 316 g/mol. The molecule has 6 heteroatoms. The molecule has 2 aliphatic heterocycles. The molecule has 3 atom stereocenters. The lowest BCUT2D eigenvalue weighted by Crippen LogP contribution is -2.54. The van der Waals surface area contributed by atoms with E-state index in [9.17, 15) is 5.11 Å². The van der Waals surface area contributed by atoms with E-state index in [1.54, 1.807) is 0 Å². The average Bonchev–Trinajstić information content (AvgIpc) is 2.81. The van der Waals surface area contributed by atoms with Gasteiger partial charge >= 0.3 is 0 Å². The van der Waals surface area contributed by atoms with E-state index in [1.807, 2.05) is 24.3 Å². The highest BCUT2D eigenvalue weighted by Crippen LogP contribution is 2.39. The van der Waals surface area contributed by atoms with Gasteiger partial charge in [-0.1, -0.05) is 41.5 Å². The molecule has 1 fully saturated rings. The van der Waals surface area contributed by atoms with Gasteiger partial charge in [-0.2, -0.15) is 0 Å². The van der Waals surface area contributed by atoms with Crippen molar-refractivity contribution >= 4 is 11.4 Å². The second-order valence-corrected chi connectivity index (χ2v) is 6.50. The second kappa shape index (κ2) is 6.76. The van der Waals surface area contributed by atoms with Gasteiger partial charge in [-0.3, -0.25) is 0 Å². The molecule has 2 aliphatic rings. The van der Waals surface area contributed by atoms with E-state index in [-0.39, 0.29) is 12.6 Å². The maximum Gasteiger partial charge on any atom is 0.0888 e. The van der Waals surface area contributed by atoms with Crippen LogP contribution in [0.2, 0.25) is 0 Å². The van der Waals surface area contributed by atoms with Crippen LogP contribution < -0.4 is 4.90 Å². The lowest BCUT2D eigenvalue weighted by Gasteiger charge is -2.41. The SMILES string of the molecule is [N-]=[N+]=NC1COCC(N2c3ccccc3CCc3ccccc32)C1O. The van der Waals surface area contributed by atoms with Crippen LogP contribution >= 0.6 is 0 Å². The molecule has 0 aromatic heterocycles. The van der Waals surface area contributed by atoms with Crippen molar-refractivity contribution in [3.8, 4) is 0 Å². The number of hydrogen-bond acceptors (Lipinski definition) is 4. The smallest absolute Gasteiger partial charge is 0.0888 e. The topological polar surface area (TPSA) is 81.5 Å². The highest BCUT2D eigenvalue weighted by Gasteiger charge is 2.38. The number of ether oxygens (including phenoxy) is 1. The van der Waals surface area contributed by atoms with Crippen LogP contribution in [0, 0.1) is 0 Å². The van der Waals surface area contributed by atoms with E-state index in [1.165, 1.54) is 11.1 Å². The quantitative estimate of drug-likeness (QED) is 0.519. The Labute approximate surface area is 146 Å². The summed E-state index contributed by atoms with van der Waals surface area (Å²) in [5.41, 5.74) is 13.4. The Hall–Kier alpha value is -2.53. The normalized spacial score (nSPS) is 25.3. The van der Waals surface area contributed by atoms with Crippen molar-refractivity contribution in [3.05, 3.63) is 70.1 Å². The maximum absolute atomic E-state index is 10.9. The van der Waals surface area contributed by atoms with Crippen molar-refractivity contribution in [2.24, 2.45) is 5.11 Å². The van der Waals surface area contributed by atoms with Crippen molar-refractivity contribution in [1.82, 2.24) is 0 Å². The number of fused-ring (bicyclic) bond motifs is 2. The predicted molar refractivity (Wildman–Crippen MR) is 96.0 cm³/mol. The lowest BCUT2D eigenvalue weighted by molar-refractivity contribution is -0.0191. The van der Waals surface area contributed by atoms with E-state index in [2.05, 4.69) is 39.2 Å². The third-order valence-corrected chi connectivity index (χ3v) is 5.06. The molecule has 0 amide bonds. The number of aryl methyl sites for hydroxylation is 2. The maximum atomic E-state index is 10.9. The fraction of sp³-hybridized carbons (Fsp3) is 0.368. The molecule has 0 bridgehead atoms. The number of hydrogen-bond donors (Lipinski definition) is 1. The standard InChI is InChI=1S/C19H20N4O2/c20-22-21-15-11-25-12-18(19(15)24)23-16-7-3-1-5-13(16)9-10-14-6-2-4-8-17(14)23/h1-8,15,18-19,24H,9-12H2. The molecule has 2 aromatic rings. The molecule has 0 radical (unpaired) electrons. The zero-order valence-electron chi connectivity index (χ0n) is 13.8. The third kappa shape index (κ3) is 2.85. The fourth-order valence-electron chi connectivity index (χ4n) is 3.83. The van der Waals surface area contributed by atoms with Crippen LogP contribution in [0.5, 0.6) is 0 Å². The molecule has 6 nitrogen and oxygen atoms in total. The minimum absolute atomic E-state index is 0.249. The van der Waals surface area contributed by atoms with Crippen LogP contribution in [0.15, 0.2) is 53.6 Å². The van der Waals surface area contributed by atoms with Gasteiger partial charge in [0.05, 0.1) is 31.4 Å². The minimum atomic E-state index is -0.788. The molecule has 2 aromatic carbocycles. The summed E-state index contributed by atoms with van der Waals surface area (Å²) in [4.78, 5) is 5.03. The van der Waals surface area contributed by atoms with Crippen LogP contribution in [-0.2, 0) is 17.6 Å². The zero-order valence-corrected chi connectivity index (χ0v) is 13.8. The second-order valence-electron chi connectivity index (χ2n) is 6.50. The Morgan fingerprint density at radius 2 is 1.60 bits per heavy atom. The zero-order chi connectivity index (χ0) is 17.2. The summed E-state index contributed by atoms with van der Waals surface area (Å²) in [7, 11) is 0. The number of rotatable bonds is 2. The first-order valence-corrected chi connectivity index (χ1v) is 8.54. The van der Waals surface area contributed by atoms with E-state index in [0.29, 0.717) is 6.61 Å². The van der Waals surface area contributed by atoms with Crippen molar-refractivity contribution < 1.29 is 9.84 Å². The van der Waals surface area contributed by atoms with E-state index in [4.69, 9.17) is 10.3 Å². The van der Waals surface area contributed by atoms with Crippen LogP contribution in [0.4, 0.5) is 11.4 Å². The molecular formula is C19H20N4O2. The summed E-state index contributed by atoms with van der Waals surface area (Å²) < 4.78 is 5.68. The summed E-state index contributed by atoms with van der Waals surface area (Å²) in [5, 5.41) is 14.6. The number of aliphatic hydroxyl groups is 1. The van der Waals surface area contributed by atoms with Crippen LogP contribution in [0.3, 0.4) is 0 Å². The van der Waals surface area contributed by atoms with Crippen LogP contribution in [-0.4, -0.2) is 36.5 Å². The number of aliphatic hydroxyl groups excluding tert-OH is 1. The first-order chi connectivity index (χ1) is 12.3. The highest BCUT2D eigenvalue weighted by atomic mass is 16.5. The van der Waals surface area contributed by atoms with E-state index >= 15 is 0 Å². The third-order valence-electron chi connectivity index (χ3n) is 5.06. The molecule has 1 saturated heterocycles. The summed E-state index contributed by atoms with van der Waals surface area (Å²) in [5.74, 6) is 0. The number of anilines is 2. The number of para-hydroxylation sites is 2. The Morgan fingerprint density at radius 1 is 1.00 bits per heavy atom. The predicted octanol–water partition coefficient (Wildman–Crippen LogP) is 3.36. The van der Waals surface area contributed by atoms with Gasteiger partial charge in [0.2, 0.25) is 0 Å². The van der Waals surface area contributed by atoms with Gasteiger partial charge in [-0.15, -0.1) is 0 Å². The fourth-order valence-corrected chi connectivity index (χ4v) is 3.83. The van der Waals surface area contributed by atoms with Gasteiger partial charge in [-0.25, -0.2) is 0 Å². The minimum Gasteiger partial charge on any atom is -0.390 e. The molecule has 0 spiro atoms. The number of azide groups is 1. The largest absolute Gasteiger partial charge is 0.390 e. The van der Waals surface area contributed by atoms with Crippen molar-refractivity contribution in [3.63, 3.8) is 0 Å². The Morgan fingerprint density at radius 3 is 2.20 bits per heavy atom. The highest BCUT2D eigenvalue weighted by molar-refractivity contribution is 5.72. The molecule has 1 N–H and O–H groups in total. The van der Waals surface area contributed by atoms with E-state index in [0.717, 1.165) is 24.2 Å². The van der Waals surface area contributed by atoms with Gasteiger partial charge in [0.1, 0.15) is 0 Å². The van der Waals surface area contributed by atoms with Crippen LogP contribution in [0.25, 0.3) is 10.4 Å². The lowest BCUT2D eigenvalue weighted by atomic mass is 9.98. The van der Waals surface area contributed by atoms with Gasteiger partial charge in [0.25, 0.3) is 0 Å². The van der Waals surface area contributed by atoms with Gasteiger partial charge in [0, 0.05) is 16.3 Å². The Balaban J connectivity index is 1.83.